The van der Waals surface area contributed by atoms with Crippen LogP contribution in [-0.4, -0.2) is 26.3 Å². The lowest BCUT2D eigenvalue weighted by atomic mass is 9.48. The Morgan fingerprint density at radius 1 is 0.838 bits per heavy atom. The van der Waals surface area contributed by atoms with E-state index in [0.717, 1.165) is 30.0 Å². The van der Waals surface area contributed by atoms with E-state index in [4.69, 9.17) is 9.47 Å². The first kappa shape index (κ1) is 24.2. The van der Waals surface area contributed by atoms with Gasteiger partial charge in [-0.05, 0) is 109 Å². The Balaban J connectivity index is 1.33. The molecule has 2 saturated carbocycles. The maximum atomic E-state index is 5.73. The molecule has 3 aromatic rings. The Hall–Kier alpha value is -3.14. The molecule has 2 N–H and O–H groups in total. The van der Waals surface area contributed by atoms with E-state index in [1.807, 2.05) is 0 Å². The highest BCUT2D eigenvalue weighted by atomic mass is 16.5. The molecule has 3 aliphatic carbocycles. The van der Waals surface area contributed by atoms with Crippen LogP contribution in [0.1, 0.15) is 56.1 Å². The van der Waals surface area contributed by atoms with Gasteiger partial charge >= 0.3 is 0 Å². The van der Waals surface area contributed by atoms with E-state index in [9.17, 15) is 0 Å². The fourth-order valence-corrected chi connectivity index (χ4v) is 7.93. The summed E-state index contributed by atoms with van der Waals surface area (Å²) in [5.74, 6) is 3.93. The highest BCUT2D eigenvalue weighted by molar-refractivity contribution is 5.57. The zero-order chi connectivity index (χ0) is 25.4. The van der Waals surface area contributed by atoms with Crippen LogP contribution in [0.4, 0.5) is 11.4 Å². The molecule has 4 nitrogen and oxygen atoms in total. The molecule has 0 aliphatic heterocycles. The second-order valence-corrected chi connectivity index (χ2v) is 11.6. The summed E-state index contributed by atoms with van der Waals surface area (Å²) in [4.78, 5) is 0. The van der Waals surface area contributed by atoms with Gasteiger partial charge in [-0.1, -0.05) is 43.3 Å². The lowest BCUT2D eigenvalue weighted by Gasteiger charge is -2.59. The van der Waals surface area contributed by atoms with Gasteiger partial charge in [0.15, 0.2) is 0 Å². The summed E-state index contributed by atoms with van der Waals surface area (Å²) in [6, 6.07) is 26.8. The molecule has 6 rings (SSSR count). The Kier molecular flexibility index (Phi) is 6.52. The zero-order valence-electron chi connectivity index (χ0n) is 22.4. The van der Waals surface area contributed by atoms with E-state index in [2.05, 4.69) is 90.4 Å². The lowest BCUT2D eigenvalue weighted by molar-refractivity contribution is -0.0178. The first-order valence-electron chi connectivity index (χ1n) is 14.0. The van der Waals surface area contributed by atoms with Gasteiger partial charge in [0.05, 0.1) is 19.9 Å². The van der Waals surface area contributed by atoms with Gasteiger partial charge in [-0.15, -0.1) is 0 Å². The van der Waals surface area contributed by atoms with Gasteiger partial charge in [-0.25, -0.2) is 0 Å². The summed E-state index contributed by atoms with van der Waals surface area (Å²) < 4.78 is 11.3. The molecular weight excluding hydrogens is 456 g/mol. The normalized spacial score (nSPS) is 30.3. The predicted octanol–water partition coefficient (Wildman–Crippen LogP) is 7.52. The highest BCUT2D eigenvalue weighted by Gasteiger charge is 2.55. The SMILES string of the molecule is COc1ccc2c(c1)CC[C@@H]1[C@@H]2CC[C@]2(C)[C@@H](Nc3ccccc3OC)C[C@@H](Nc3ccccc3)C[C@@H]12. The van der Waals surface area contributed by atoms with Gasteiger partial charge in [0.25, 0.3) is 0 Å². The molecule has 0 bridgehead atoms. The van der Waals surface area contributed by atoms with E-state index < -0.39 is 0 Å². The Morgan fingerprint density at radius 3 is 2.46 bits per heavy atom. The molecule has 0 amide bonds. The van der Waals surface area contributed by atoms with Gasteiger partial charge in [0.1, 0.15) is 11.5 Å². The van der Waals surface area contributed by atoms with Crippen molar-refractivity contribution in [1.29, 1.82) is 0 Å². The summed E-state index contributed by atoms with van der Waals surface area (Å²) in [7, 11) is 3.54. The van der Waals surface area contributed by atoms with Crippen molar-refractivity contribution in [3.05, 3.63) is 83.9 Å². The van der Waals surface area contributed by atoms with Gasteiger partial charge < -0.3 is 20.1 Å². The van der Waals surface area contributed by atoms with Crippen molar-refractivity contribution >= 4 is 11.4 Å². The second-order valence-electron chi connectivity index (χ2n) is 11.6. The minimum absolute atomic E-state index is 0.237. The molecule has 3 aromatic carbocycles. The average molecular weight is 497 g/mol. The van der Waals surface area contributed by atoms with Crippen LogP contribution in [0.15, 0.2) is 72.8 Å². The number of ether oxygens (including phenoxy) is 2. The number of para-hydroxylation sites is 3. The highest BCUT2D eigenvalue weighted by Crippen LogP contribution is 2.60. The van der Waals surface area contributed by atoms with Crippen LogP contribution in [0.2, 0.25) is 0 Å². The second kappa shape index (κ2) is 9.96. The van der Waals surface area contributed by atoms with Crippen molar-refractivity contribution in [2.75, 3.05) is 24.9 Å². The summed E-state index contributed by atoms with van der Waals surface area (Å²) in [5.41, 5.74) is 5.65. The summed E-state index contributed by atoms with van der Waals surface area (Å²) >= 11 is 0. The first-order valence-corrected chi connectivity index (χ1v) is 14.0. The number of methoxy groups -OCH3 is 2. The minimum Gasteiger partial charge on any atom is -0.497 e. The van der Waals surface area contributed by atoms with E-state index in [0.29, 0.717) is 29.8 Å². The van der Waals surface area contributed by atoms with Gasteiger partial charge in [0.2, 0.25) is 0 Å². The largest absolute Gasteiger partial charge is 0.497 e. The van der Waals surface area contributed by atoms with Crippen LogP contribution in [0.3, 0.4) is 0 Å². The van der Waals surface area contributed by atoms with Crippen LogP contribution in [0, 0.1) is 17.3 Å². The number of anilines is 2. The molecule has 194 valence electrons. The van der Waals surface area contributed by atoms with E-state index in [1.54, 1.807) is 19.8 Å². The van der Waals surface area contributed by atoms with E-state index >= 15 is 0 Å². The molecule has 0 aromatic heterocycles. The number of fused-ring (bicyclic) bond motifs is 5. The molecule has 4 heteroatoms. The topological polar surface area (TPSA) is 42.5 Å². The molecule has 2 fully saturated rings. The molecule has 0 radical (unpaired) electrons. The number of benzene rings is 3. The fraction of sp³-hybridized carbons (Fsp3) is 0.455. The number of hydrogen-bond acceptors (Lipinski definition) is 4. The number of hydrogen-bond donors (Lipinski definition) is 2. The summed E-state index contributed by atoms with van der Waals surface area (Å²) in [5, 5.41) is 7.92. The maximum absolute atomic E-state index is 5.73. The van der Waals surface area contributed by atoms with Gasteiger partial charge in [-0.3, -0.25) is 0 Å². The maximum Gasteiger partial charge on any atom is 0.141 e. The molecule has 6 atom stereocenters. The van der Waals surface area contributed by atoms with E-state index in [-0.39, 0.29) is 5.41 Å². The molecule has 0 saturated heterocycles. The number of nitrogens with one attached hydrogen (secondary N) is 2. The van der Waals surface area contributed by atoms with Crippen molar-refractivity contribution in [1.82, 2.24) is 0 Å². The predicted molar refractivity (Wildman–Crippen MR) is 152 cm³/mol. The van der Waals surface area contributed by atoms with Crippen LogP contribution in [-0.2, 0) is 6.42 Å². The minimum atomic E-state index is 0.237. The Bertz CT molecular complexity index is 1230. The van der Waals surface area contributed by atoms with Crippen LogP contribution in [0.25, 0.3) is 0 Å². The third kappa shape index (κ3) is 4.45. The summed E-state index contributed by atoms with van der Waals surface area (Å²) in [6.07, 6.45) is 7.26. The third-order valence-electron chi connectivity index (χ3n) is 9.81. The summed E-state index contributed by atoms with van der Waals surface area (Å²) in [6.45, 7) is 2.57. The van der Waals surface area contributed by atoms with Crippen LogP contribution in [0.5, 0.6) is 11.5 Å². The monoisotopic (exact) mass is 496 g/mol. The molecule has 3 aliphatic rings. The van der Waals surface area contributed by atoms with Crippen molar-refractivity contribution < 1.29 is 9.47 Å². The molecular formula is C33H40N2O2. The zero-order valence-corrected chi connectivity index (χ0v) is 22.4. The fourth-order valence-electron chi connectivity index (χ4n) is 7.93. The smallest absolute Gasteiger partial charge is 0.141 e. The first-order chi connectivity index (χ1) is 18.1. The number of aryl methyl sites for hydroxylation is 1. The van der Waals surface area contributed by atoms with Crippen LogP contribution < -0.4 is 20.1 Å². The van der Waals surface area contributed by atoms with Gasteiger partial charge in [-0.2, -0.15) is 0 Å². The molecule has 0 heterocycles. The third-order valence-corrected chi connectivity index (χ3v) is 9.81. The standard InChI is InChI=1S/C33H40N2O2/c1-33-18-17-27-26-16-14-25(36-2)19-22(26)13-15-28(27)29(33)20-24(34-23-9-5-4-6-10-23)21-32(33)35-30-11-7-8-12-31(30)37-3/h4-12,14,16,19,24,27-29,32,34-35H,13,15,17-18,20-21H2,1-3H3/t24-,27+,28+,29-,32-,33-/m0/s1. The van der Waals surface area contributed by atoms with Crippen LogP contribution >= 0.6 is 0 Å². The lowest BCUT2D eigenvalue weighted by Crippen LogP contribution is -2.57. The van der Waals surface area contributed by atoms with Gasteiger partial charge in [0, 0.05) is 17.8 Å². The Morgan fingerprint density at radius 2 is 1.65 bits per heavy atom. The molecule has 37 heavy (non-hydrogen) atoms. The van der Waals surface area contributed by atoms with Crippen molar-refractivity contribution in [3.63, 3.8) is 0 Å². The average Bonchev–Trinajstić information content (AvgIpc) is 2.94. The molecule has 0 spiro atoms. The quantitative estimate of drug-likeness (QED) is 0.370. The van der Waals surface area contributed by atoms with Crippen molar-refractivity contribution in [2.45, 2.75) is 63.5 Å². The molecule has 0 unspecified atom stereocenters. The van der Waals surface area contributed by atoms with Crippen molar-refractivity contribution in [3.8, 4) is 11.5 Å². The Labute approximate surface area is 221 Å². The van der Waals surface area contributed by atoms with E-state index in [1.165, 1.54) is 36.9 Å². The number of rotatable bonds is 6. The van der Waals surface area contributed by atoms with Crippen molar-refractivity contribution in [2.24, 2.45) is 17.3 Å².